The van der Waals surface area contributed by atoms with Gasteiger partial charge in [0.1, 0.15) is 6.10 Å². The fraction of sp³-hybridized carbons (Fsp3) is 0.240. The molecule has 2 aromatic heterocycles. The molecular formula is C25H22N4O4. The summed E-state index contributed by atoms with van der Waals surface area (Å²) < 4.78 is 2.04. The maximum Gasteiger partial charge on any atom is 0.258 e. The van der Waals surface area contributed by atoms with E-state index in [1.54, 1.807) is 24.4 Å². The van der Waals surface area contributed by atoms with E-state index >= 15 is 0 Å². The van der Waals surface area contributed by atoms with Crippen molar-refractivity contribution in [3.63, 3.8) is 0 Å². The number of hydrogen-bond donors (Lipinski definition) is 2. The third-order valence-corrected chi connectivity index (χ3v) is 6.36. The van der Waals surface area contributed by atoms with Gasteiger partial charge in [0.15, 0.2) is 5.75 Å². The number of pyridine rings is 1. The van der Waals surface area contributed by atoms with Gasteiger partial charge in [0.25, 0.3) is 5.91 Å². The monoisotopic (exact) mass is 442 g/mol. The molecule has 8 nitrogen and oxygen atoms in total. The molecule has 3 atom stereocenters. The second-order valence-electron chi connectivity index (χ2n) is 8.43. The van der Waals surface area contributed by atoms with Crippen molar-refractivity contribution in [3.05, 3.63) is 72.4 Å². The Morgan fingerprint density at radius 2 is 1.91 bits per heavy atom. The third kappa shape index (κ3) is 3.53. The molecule has 2 N–H and O–H groups in total. The molecule has 6 rings (SSSR count). The molecule has 1 amide bonds. The Kier molecular flexibility index (Phi) is 4.82. The minimum absolute atomic E-state index is 0.0316. The molecular weight excluding hydrogens is 420 g/mol. The van der Waals surface area contributed by atoms with E-state index in [-0.39, 0.29) is 11.9 Å². The number of amides is 1. The summed E-state index contributed by atoms with van der Waals surface area (Å²) in [5.41, 5.74) is 3.44. The summed E-state index contributed by atoms with van der Waals surface area (Å²) in [5, 5.41) is 13.6. The van der Waals surface area contributed by atoms with Gasteiger partial charge in [0.05, 0.1) is 22.8 Å². The quantitative estimate of drug-likeness (QED) is 0.398. The summed E-state index contributed by atoms with van der Waals surface area (Å²) in [6.45, 7) is 0. The highest BCUT2D eigenvalue weighted by atomic mass is 17.2. The van der Waals surface area contributed by atoms with Crippen LogP contribution in [0.15, 0.2) is 66.9 Å². The summed E-state index contributed by atoms with van der Waals surface area (Å²) in [5.74, 6) is 0.676. The van der Waals surface area contributed by atoms with Crippen LogP contribution in [0.5, 0.6) is 5.75 Å². The predicted molar refractivity (Wildman–Crippen MR) is 122 cm³/mol. The number of fused-ring (bicyclic) bond motifs is 10. The zero-order valence-electron chi connectivity index (χ0n) is 17.7. The Labute approximate surface area is 189 Å². The van der Waals surface area contributed by atoms with Crippen LogP contribution in [-0.4, -0.2) is 37.8 Å². The number of benzene rings is 2. The summed E-state index contributed by atoms with van der Waals surface area (Å²) in [6, 6.07) is 18.5. The lowest BCUT2D eigenvalue weighted by molar-refractivity contribution is -0.274. The van der Waals surface area contributed by atoms with Gasteiger partial charge in [-0.2, -0.15) is 4.89 Å². The van der Waals surface area contributed by atoms with Crippen molar-refractivity contribution in [3.8, 4) is 17.0 Å². The Morgan fingerprint density at radius 3 is 2.85 bits per heavy atom. The number of carbonyl (C=O) groups excluding carboxylic acids is 1. The predicted octanol–water partition coefficient (Wildman–Crippen LogP) is 4.13. The maximum atomic E-state index is 13.2. The average Bonchev–Trinajstić information content (AvgIpc) is 3.21. The van der Waals surface area contributed by atoms with Crippen molar-refractivity contribution in [2.24, 2.45) is 0 Å². The van der Waals surface area contributed by atoms with Crippen LogP contribution in [0.2, 0.25) is 0 Å². The normalized spacial score (nSPS) is 22.5. The second-order valence-corrected chi connectivity index (χ2v) is 8.43. The molecule has 0 radical (unpaired) electrons. The van der Waals surface area contributed by atoms with Gasteiger partial charge in [-0.05, 0) is 49.2 Å². The van der Waals surface area contributed by atoms with Crippen molar-refractivity contribution >= 4 is 22.9 Å². The molecule has 4 bridgehead atoms. The van der Waals surface area contributed by atoms with Crippen LogP contribution in [0.1, 0.15) is 35.7 Å². The first kappa shape index (κ1) is 19.9. The van der Waals surface area contributed by atoms with Crippen LogP contribution in [0.25, 0.3) is 22.3 Å². The van der Waals surface area contributed by atoms with Crippen LogP contribution in [0, 0.1) is 0 Å². The number of imidazole rings is 1. The maximum absolute atomic E-state index is 13.2. The van der Waals surface area contributed by atoms with Crippen molar-refractivity contribution in [1.29, 1.82) is 0 Å². The topological polar surface area (TPSA) is 98.5 Å². The highest BCUT2D eigenvalue weighted by Crippen LogP contribution is 2.37. The standard InChI is InChI=1S/C25H22N4O4/c30-21-10-9-16-14-23(21)33-32-22-8-4-1-5-17(22)19-13-15(11-12-26-19)24(31)28-25-27-18-6-2-3-7-20(18)29(16)25/h1-8,11-13,16,21,23,30H,9-10,14H2,(H,27,28,31)/t16-,21+,23-/m1/s1. The Balaban J connectivity index is 1.51. The van der Waals surface area contributed by atoms with Crippen LogP contribution in [0.3, 0.4) is 0 Å². The molecule has 1 fully saturated rings. The van der Waals surface area contributed by atoms with Crippen LogP contribution < -0.4 is 10.2 Å². The molecule has 2 aromatic carbocycles. The van der Waals surface area contributed by atoms with E-state index in [1.807, 2.05) is 47.0 Å². The van der Waals surface area contributed by atoms with Gasteiger partial charge in [0, 0.05) is 29.8 Å². The second kappa shape index (κ2) is 7.99. The number of aliphatic hydroxyl groups is 1. The first-order chi connectivity index (χ1) is 16.2. The first-order valence-corrected chi connectivity index (χ1v) is 11.0. The fourth-order valence-corrected chi connectivity index (χ4v) is 4.69. The lowest BCUT2D eigenvalue weighted by atomic mass is 9.90. The molecule has 1 aliphatic carbocycles. The summed E-state index contributed by atoms with van der Waals surface area (Å²) in [4.78, 5) is 33.9. The SMILES string of the molecule is O=C1Nc2nc3ccccc3n2[C@@H]2CC[C@H](O)[C@@H](C2)OOc2ccccc2-c2cc1ccn2. The highest BCUT2D eigenvalue weighted by Gasteiger charge is 2.34. The Morgan fingerprint density at radius 1 is 1.06 bits per heavy atom. The minimum Gasteiger partial charge on any atom is -0.390 e. The number of aromatic nitrogens is 3. The van der Waals surface area contributed by atoms with E-state index in [0.717, 1.165) is 17.5 Å². The van der Waals surface area contributed by atoms with E-state index in [4.69, 9.17) is 14.8 Å². The molecule has 0 unspecified atom stereocenters. The molecule has 1 aliphatic heterocycles. The smallest absolute Gasteiger partial charge is 0.258 e. The zero-order valence-corrected chi connectivity index (χ0v) is 17.7. The third-order valence-electron chi connectivity index (χ3n) is 6.36. The molecule has 0 saturated heterocycles. The van der Waals surface area contributed by atoms with E-state index in [2.05, 4.69) is 10.3 Å². The lowest BCUT2D eigenvalue weighted by Gasteiger charge is -2.33. The molecule has 0 spiro atoms. The number of anilines is 1. The molecule has 166 valence electrons. The van der Waals surface area contributed by atoms with Gasteiger partial charge in [-0.1, -0.05) is 24.3 Å². The first-order valence-electron chi connectivity index (χ1n) is 11.0. The number of aliphatic hydroxyl groups excluding tert-OH is 1. The largest absolute Gasteiger partial charge is 0.390 e. The Hall–Kier alpha value is -3.75. The highest BCUT2D eigenvalue weighted by molar-refractivity contribution is 6.04. The van der Waals surface area contributed by atoms with Gasteiger partial charge in [-0.15, -0.1) is 0 Å². The van der Waals surface area contributed by atoms with Crippen molar-refractivity contribution in [1.82, 2.24) is 14.5 Å². The van der Waals surface area contributed by atoms with Crippen molar-refractivity contribution in [2.75, 3.05) is 5.32 Å². The van der Waals surface area contributed by atoms with E-state index < -0.39 is 12.2 Å². The molecule has 3 heterocycles. The van der Waals surface area contributed by atoms with Crippen LogP contribution in [0.4, 0.5) is 5.95 Å². The molecule has 1 saturated carbocycles. The summed E-state index contributed by atoms with van der Waals surface area (Å²) in [6.07, 6.45) is 2.17. The lowest BCUT2D eigenvalue weighted by Crippen LogP contribution is -2.38. The van der Waals surface area contributed by atoms with Crippen molar-refractivity contribution in [2.45, 2.75) is 37.5 Å². The van der Waals surface area contributed by atoms with Gasteiger partial charge >= 0.3 is 0 Å². The zero-order chi connectivity index (χ0) is 22.4. The summed E-state index contributed by atoms with van der Waals surface area (Å²) in [7, 11) is 0. The summed E-state index contributed by atoms with van der Waals surface area (Å²) >= 11 is 0. The van der Waals surface area contributed by atoms with E-state index in [9.17, 15) is 9.90 Å². The minimum atomic E-state index is -0.657. The number of rotatable bonds is 0. The van der Waals surface area contributed by atoms with E-state index in [1.165, 1.54) is 0 Å². The fourth-order valence-electron chi connectivity index (χ4n) is 4.69. The van der Waals surface area contributed by atoms with Gasteiger partial charge in [0.2, 0.25) is 5.95 Å². The molecule has 8 heteroatoms. The number of nitrogens with one attached hydrogen (secondary N) is 1. The van der Waals surface area contributed by atoms with Gasteiger partial charge in [-0.3, -0.25) is 15.1 Å². The number of hydrogen-bond acceptors (Lipinski definition) is 6. The molecule has 2 aliphatic rings. The molecule has 33 heavy (non-hydrogen) atoms. The van der Waals surface area contributed by atoms with Crippen molar-refractivity contribution < 1.29 is 19.7 Å². The average molecular weight is 442 g/mol. The number of para-hydroxylation sites is 3. The Bertz CT molecular complexity index is 1350. The molecule has 4 aromatic rings. The number of nitrogens with zero attached hydrogens (tertiary/aromatic N) is 3. The van der Waals surface area contributed by atoms with Gasteiger partial charge < -0.3 is 14.6 Å². The van der Waals surface area contributed by atoms with Crippen LogP contribution >= 0.6 is 0 Å². The number of carbonyl (C=O) groups is 1. The van der Waals surface area contributed by atoms with Gasteiger partial charge in [-0.25, -0.2) is 4.98 Å². The van der Waals surface area contributed by atoms with Crippen LogP contribution in [-0.2, 0) is 4.89 Å². The van der Waals surface area contributed by atoms with E-state index in [0.29, 0.717) is 41.4 Å².